The first-order chi connectivity index (χ1) is 9.18. The van der Waals surface area contributed by atoms with E-state index >= 15 is 0 Å². The van der Waals surface area contributed by atoms with E-state index in [2.05, 4.69) is 35.9 Å². The Morgan fingerprint density at radius 3 is 2.95 bits per heavy atom. The highest BCUT2D eigenvalue weighted by atomic mass is 15.2. The van der Waals surface area contributed by atoms with Crippen LogP contribution in [0.1, 0.15) is 26.7 Å². The van der Waals surface area contributed by atoms with Gasteiger partial charge in [0, 0.05) is 29.9 Å². The normalized spacial score (nSPS) is 23.8. The number of nitrogens with zero attached hydrogens (tertiary/aromatic N) is 2. The smallest absolute Gasteiger partial charge is 0.0956 e. The van der Waals surface area contributed by atoms with E-state index in [1.54, 1.807) is 0 Å². The minimum atomic E-state index is 0.558. The van der Waals surface area contributed by atoms with Crippen molar-refractivity contribution in [2.45, 2.75) is 32.7 Å². The van der Waals surface area contributed by atoms with Crippen LogP contribution in [0.3, 0.4) is 0 Å². The summed E-state index contributed by atoms with van der Waals surface area (Å²) in [6.45, 7) is 5.76. The number of hydrogen-bond acceptors (Lipinski definition) is 3. The number of hydrogen-bond donors (Lipinski definition) is 1. The molecule has 2 heterocycles. The number of nitrogens with two attached hydrogens (primary N) is 1. The Kier molecular flexibility index (Phi) is 3.05. The van der Waals surface area contributed by atoms with Gasteiger partial charge in [-0.15, -0.1) is 0 Å². The highest BCUT2D eigenvalue weighted by Crippen LogP contribution is 2.34. The van der Waals surface area contributed by atoms with E-state index in [0.717, 1.165) is 29.1 Å². The molecule has 0 spiro atoms. The monoisotopic (exact) mass is 255 g/mol. The third-order valence-corrected chi connectivity index (χ3v) is 4.47. The molecule has 2 atom stereocenters. The molecular formula is C16H21N3. The highest BCUT2D eigenvalue weighted by Gasteiger charge is 2.26. The number of benzene rings is 1. The Balaban J connectivity index is 2.12. The molecule has 1 aromatic heterocycles. The number of pyridine rings is 1. The number of anilines is 2. The first-order valence-corrected chi connectivity index (χ1v) is 7.08. The van der Waals surface area contributed by atoms with E-state index in [1.165, 1.54) is 18.5 Å². The molecule has 19 heavy (non-hydrogen) atoms. The number of piperidine rings is 1. The molecule has 0 saturated carbocycles. The van der Waals surface area contributed by atoms with E-state index in [9.17, 15) is 0 Å². The summed E-state index contributed by atoms with van der Waals surface area (Å²) in [5.41, 5.74) is 9.12. The summed E-state index contributed by atoms with van der Waals surface area (Å²) in [5, 5.41) is 1.06. The van der Waals surface area contributed by atoms with Gasteiger partial charge in [-0.3, -0.25) is 4.98 Å². The van der Waals surface area contributed by atoms with E-state index < -0.39 is 0 Å². The SMILES string of the molecule is CC1CCCN(c2ccc(N)c3cccnc23)C1C. The van der Waals surface area contributed by atoms with Crippen LogP contribution in [0.4, 0.5) is 11.4 Å². The molecule has 1 fully saturated rings. The predicted octanol–water partition coefficient (Wildman–Crippen LogP) is 3.44. The lowest BCUT2D eigenvalue weighted by Crippen LogP contribution is -2.42. The second-order valence-corrected chi connectivity index (χ2v) is 5.63. The molecule has 0 amide bonds. The van der Waals surface area contributed by atoms with E-state index in [1.807, 2.05) is 18.3 Å². The van der Waals surface area contributed by atoms with Crippen molar-refractivity contribution in [1.82, 2.24) is 4.98 Å². The molecule has 2 aromatic rings. The molecular weight excluding hydrogens is 234 g/mol. The zero-order valence-electron chi connectivity index (χ0n) is 11.6. The average molecular weight is 255 g/mol. The molecule has 3 heteroatoms. The van der Waals surface area contributed by atoms with Crippen LogP contribution in [0, 0.1) is 5.92 Å². The van der Waals surface area contributed by atoms with Crippen LogP contribution in [0.25, 0.3) is 10.9 Å². The van der Waals surface area contributed by atoms with Gasteiger partial charge in [0.2, 0.25) is 0 Å². The molecule has 2 unspecified atom stereocenters. The lowest BCUT2D eigenvalue weighted by Gasteiger charge is -2.40. The van der Waals surface area contributed by atoms with E-state index in [0.29, 0.717) is 6.04 Å². The minimum Gasteiger partial charge on any atom is -0.398 e. The van der Waals surface area contributed by atoms with Crippen molar-refractivity contribution in [2.24, 2.45) is 5.92 Å². The van der Waals surface area contributed by atoms with Gasteiger partial charge >= 0.3 is 0 Å². The fourth-order valence-corrected chi connectivity index (χ4v) is 3.09. The van der Waals surface area contributed by atoms with Crippen LogP contribution in [0.15, 0.2) is 30.5 Å². The number of aromatic nitrogens is 1. The largest absolute Gasteiger partial charge is 0.398 e. The van der Waals surface area contributed by atoms with E-state index in [-0.39, 0.29) is 0 Å². The van der Waals surface area contributed by atoms with Crippen molar-refractivity contribution in [3.8, 4) is 0 Å². The van der Waals surface area contributed by atoms with Crippen molar-refractivity contribution in [1.29, 1.82) is 0 Å². The summed E-state index contributed by atoms with van der Waals surface area (Å²) < 4.78 is 0. The lowest BCUT2D eigenvalue weighted by atomic mass is 9.91. The molecule has 1 saturated heterocycles. The molecule has 3 nitrogen and oxygen atoms in total. The third kappa shape index (κ3) is 2.03. The zero-order valence-corrected chi connectivity index (χ0v) is 11.6. The summed E-state index contributed by atoms with van der Waals surface area (Å²) in [6.07, 6.45) is 4.42. The maximum atomic E-state index is 6.06. The van der Waals surface area contributed by atoms with Gasteiger partial charge in [-0.1, -0.05) is 6.92 Å². The van der Waals surface area contributed by atoms with Gasteiger partial charge in [0.15, 0.2) is 0 Å². The third-order valence-electron chi connectivity index (χ3n) is 4.47. The number of fused-ring (bicyclic) bond motifs is 1. The first-order valence-electron chi connectivity index (χ1n) is 7.08. The Labute approximate surface area is 114 Å². The van der Waals surface area contributed by atoms with Crippen LogP contribution in [0.2, 0.25) is 0 Å². The topological polar surface area (TPSA) is 42.1 Å². The van der Waals surface area contributed by atoms with Crippen molar-refractivity contribution < 1.29 is 0 Å². The standard InChI is InChI=1S/C16H21N3/c1-11-5-4-10-19(12(11)2)15-8-7-14(17)13-6-3-9-18-16(13)15/h3,6-9,11-12H,4-5,10,17H2,1-2H3. The quantitative estimate of drug-likeness (QED) is 0.794. The molecule has 1 aliphatic heterocycles. The van der Waals surface area contributed by atoms with Crippen LogP contribution in [0.5, 0.6) is 0 Å². The molecule has 0 bridgehead atoms. The van der Waals surface area contributed by atoms with Crippen molar-refractivity contribution >= 4 is 22.3 Å². The Morgan fingerprint density at radius 2 is 2.11 bits per heavy atom. The second kappa shape index (κ2) is 4.72. The Hall–Kier alpha value is -1.77. The molecule has 1 aromatic carbocycles. The van der Waals surface area contributed by atoms with Crippen molar-refractivity contribution in [3.63, 3.8) is 0 Å². The molecule has 0 radical (unpaired) electrons. The summed E-state index contributed by atoms with van der Waals surface area (Å²) >= 11 is 0. The summed E-state index contributed by atoms with van der Waals surface area (Å²) in [6, 6.07) is 8.69. The van der Waals surface area contributed by atoms with Gasteiger partial charge in [0.1, 0.15) is 0 Å². The van der Waals surface area contributed by atoms with Crippen LogP contribution in [-0.4, -0.2) is 17.6 Å². The Bertz CT molecular complexity index is 594. The summed E-state index contributed by atoms with van der Waals surface area (Å²) in [7, 11) is 0. The summed E-state index contributed by atoms with van der Waals surface area (Å²) in [4.78, 5) is 7.04. The van der Waals surface area contributed by atoms with Crippen LogP contribution < -0.4 is 10.6 Å². The van der Waals surface area contributed by atoms with Gasteiger partial charge in [0.05, 0.1) is 11.2 Å². The number of nitrogen functional groups attached to an aromatic ring is 1. The fraction of sp³-hybridized carbons (Fsp3) is 0.438. The second-order valence-electron chi connectivity index (χ2n) is 5.63. The molecule has 0 aliphatic carbocycles. The van der Waals surface area contributed by atoms with E-state index in [4.69, 9.17) is 5.73 Å². The van der Waals surface area contributed by atoms with Gasteiger partial charge in [-0.2, -0.15) is 0 Å². The lowest BCUT2D eigenvalue weighted by molar-refractivity contribution is 0.364. The Morgan fingerprint density at radius 1 is 1.26 bits per heavy atom. The first kappa shape index (κ1) is 12.3. The molecule has 3 rings (SSSR count). The van der Waals surface area contributed by atoms with Crippen LogP contribution in [-0.2, 0) is 0 Å². The van der Waals surface area contributed by atoms with Crippen molar-refractivity contribution in [2.75, 3.05) is 17.2 Å². The molecule has 1 aliphatic rings. The fourth-order valence-electron chi connectivity index (χ4n) is 3.09. The van der Waals surface area contributed by atoms with Crippen LogP contribution >= 0.6 is 0 Å². The van der Waals surface area contributed by atoms with Gasteiger partial charge in [-0.25, -0.2) is 0 Å². The van der Waals surface area contributed by atoms with Crippen molar-refractivity contribution in [3.05, 3.63) is 30.5 Å². The summed E-state index contributed by atoms with van der Waals surface area (Å²) in [5.74, 6) is 0.727. The predicted molar refractivity (Wildman–Crippen MR) is 81.4 cm³/mol. The zero-order chi connectivity index (χ0) is 13.4. The average Bonchev–Trinajstić information content (AvgIpc) is 2.43. The maximum Gasteiger partial charge on any atom is 0.0956 e. The maximum absolute atomic E-state index is 6.06. The van der Waals surface area contributed by atoms with Gasteiger partial charge < -0.3 is 10.6 Å². The number of rotatable bonds is 1. The highest BCUT2D eigenvalue weighted by molar-refractivity contribution is 5.98. The minimum absolute atomic E-state index is 0.558. The van der Waals surface area contributed by atoms with Gasteiger partial charge in [0.25, 0.3) is 0 Å². The molecule has 100 valence electrons. The van der Waals surface area contributed by atoms with Gasteiger partial charge in [-0.05, 0) is 49.9 Å². The molecule has 2 N–H and O–H groups in total.